The van der Waals surface area contributed by atoms with Crippen LogP contribution >= 0.6 is 0 Å². The minimum absolute atomic E-state index is 0.0112. The summed E-state index contributed by atoms with van der Waals surface area (Å²) in [5.74, 6) is 2.85. The van der Waals surface area contributed by atoms with Crippen molar-refractivity contribution >= 4 is 5.91 Å². The van der Waals surface area contributed by atoms with Crippen molar-refractivity contribution in [2.24, 2.45) is 5.92 Å². The van der Waals surface area contributed by atoms with Gasteiger partial charge in [0.25, 0.3) is 0 Å². The number of carbonyl (C=O) groups is 1. The molecule has 2 rings (SSSR count). The van der Waals surface area contributed by atoms with E-state index in [1.54, 1.807) is 21.3 Å². The Morgan fingerprint density at radius 1 is 1.13 bits per heavy atom. The maximum absolute atomic E-state index is 11.8. The van der Waals surface area contributed by atoms with Gasteiger partial charge in [-0.25, -0.2) is 0 Å². The highest BCUT2D eigenvalue weighted by Gasteiger charge is 2.20. The first-order valence-corrected chi connectivity index (χ1v) is 7.94. The minimum Gasteiger partial charge on any atom is -0.496 e. The van der Waals surface area contributed by atoms with Crippen molar-refractivity contribution in [3.8, 4) is 17.2 Å². The van der Waals surface area contributed by atoms with Gasteiger partial charge in [0.1, 0.15) is 17.2 Å². The molecule has 1 fully saturated rings. The van der Waals surface area contributed by atoms with Crippen molar-refractivity contribution in [2.75, 3.05) is 41.0 Å². The smallest absolute Gasteiger partial charge is 0.233 e. The first-order chi connectivity index (χ1) is 11.2. The molecule has 1 aromatic carbocycles. The quantitative estimate of drug-likeness (QED) is 0.681. The summed E-state index contributed by atoms with van der Waals surface area (Å²) in [6.07, 6.45) is 3.20. The van der Waals surface area contributed by atoms with Gasteiger partial charge in [0.2, 0.25) is 5.91 Å². The van der Waals surface area contributed by atoms with Crippen LogP contribution < -0.4 is 24.8 Å². The Labute approximate surface area is 137 Å². The molecule has 0 spiro atoms. The fourth-order valence-corrected chi connectivity index (χ4v) is 2.43. The van der Waals surface area contributed by atoms with Gasteiger partial charge in [-0.1, -0.05) is 0 Å². The van der Waals surface area contributed by atoms with E-state index in [0.29, 0.717) is 36.8 Å². The van der Waals surface area contributed by atoms with Crippen LogP contribution in [0.1, 0.15) is 18.4 Å². The summed E-state index contributed by atoms with van der Waals surface area (Å²) in [5, 5.41) is 6.09. The summed E-state index contributed by atoms with van der Waals surface area (Å²) in [5.41, 5.74) is 0.919. The molecule has 2 N–H and O–H groups in total. The Kier molecular flexibility index (Phi) is 6.52. The van der Waals surface area contributed by atoms with Crippen molar-refractivity contribution in [3.05, 3.63) is 17.7 Å². The largest absolute Gasteiger partial charge is 0.496 e. The molecular weight excluding hydrogens is 296 g/mol. The van der Waals surface area contributed by atoms with Gasteiger partial charge >= 0.3 is 0 Å². The Bertz CT molecular complexity index is 504. The van der Waals surface area contributed by atoms with E-state index in [9.17, 15) is 4.79 Å². The van der Waals surface area contributed by atoms with E-state index in [4.69, 9.17) is 14.2 Å². The molecule has 0 atom stereocenters. The van der Waals surface area contributed by atoms with Crippen molar-refractivity contribution in [3.63, 3.8) is 0 Å². The number of nitrogens with one attached hydrogen (secondary N) is 2. The molecule has 6 heteroatoms. The van der Waals surface area contributed by atoms with E-state index >= 15 is 0 Å². The van der Waals surface area contributed by atoms with Gasteiger partial charge in [-0.15, -0.1) is 0 Å². The van der Waals surface area contributed by atoms with Gasteiger partial charge in [-0.05, 0) is 31.7 Å². The summed E-state index contributed by atoms with van der Waals surface area (Å²) in [6.45, 7) is 1.84. The number of hydrogen-bond acceptors (Lipinski definition) is 5. The van der Waals surface area contributed by atoms with Gasteiger partial charge in [0.05, 0.1) is 27.9 Å². The summed E-state index contributed by atoms with van der Waals surface area (Å²) in [4.78, 5) is 11.8. The number of carbonyl (C=O) groups excluding carboxylic acids is 1. The molecule has 23 heavy (non-hydrogen) atoms. The van der Waals surface area contributed by atoms with Crippen molar-refractivity contribution in [1.82, 2.24) is 10.6 Å². The standard InChI is InChI=1S/C17H26N2O4/c1-21-13-8-15(22-2)14(16(9-13)23-3)6-7-19-17(20)11-18-10-12-4-5-12/h8-9,12,18H,4-7,10-11H2,1-3H3,(H,19,20). The minimum atomic E-state index is 0.0112. The van der Waals surface area contributed by atoms with Gasteiger partial charge in [0.15, 0.2) is 0 Å². The van der Waals surface area contributed by atoms with Crippen LogP contribution in [-0.4, -0.2) is 46.9 Å². The molecule has 0 heterocycles. The molecule has 128 valence electrons. The number of methoxy groups -OCH3 is 3. The summed E-state index contributed by atoms with van der Waals surface area (Å²) in [6, 6.07) is 3.63. The van der Waals surface area contributed by atoms with E-state index in [0.717, 1.165) is 18.0 Å². The second-order valence-electron chi connectivity index (χ2n) is 5.68. The Morgan fingerprint density at radius 2 is 1.78 bits per heavy atom. The van der Waals surface area contributed by atoms with Crippen molar-refractivity contribution < 1.29 is 19.0 Å². The highest BCUT2D eigenvalue weighted by Crippen LogP contribution is 2.34. The average molecular weight is 322 g/mol. The topological polar surface area (TPSA) is 68.8 Å². The molecule has 1 aliphatic carbocycles. The van der Waals surface area contributed by atoms with E-state index in [1.165, 1.54) is 12.8 Å². The molecule has 0 aromatic heterocycles. The lowest BCUT2D eigenvalue weighted by Gasteiger charge is -2.15. The zero-order valence-electron chi connectivity index (χ0n) is 14.1. The molecular formula is C17H26N2O4. The van der Waals surface area contributed by atoms with Crippen molar-refractivity contribution in [1.29, 1.82) is 0 Å². The summed E-state index contributed by atoms with van der Waals surface area (Å²) < 4.78 is 16.0. The third-order valence-electron chi connectivity index (χ3n) is 3.93. The third kappa shape index (κ3) is 5.32. The zero-order valence-corrected chi connectivity index (χ0v) is 14.1. The predicted molar refractivity (Wildman–Crippen MR) is 88.4 cm³/mol. The lowest BCUT2D eigenvalue weighted by atomic mass is 10.1. The maximum Gasteiger partial charge on any atom is 0.233 e. The van der Waals surface area contributed by atoms with Crippen LogP contribution in [0.3, 0.4) is 0 Å². The van der Waals surface area contributed by atoms with Gasteiger partial charge in [-0.3, -0.25) is 4.79 Å². The van der Waals surface area contributed by atoms with Crippen LogP contribution in [0.2, 0.25) is 0 Å². The Balaban J connectivity index is 1.84. The molecule has 0 bridgehead atoms. The maximum atomic E-state index is 11.8. The first-order valence-electron chi connectivity index (χ1n) is 7.94. The fraction of sp³-hybridized carbons (Fsp3) is 0.588. The zero-order chi connectivity index (χ0) is 16.7. The molecule has 0 saturated heterocycles. The lowest BCUT2D eigenvalue weighted by molar-refractivity contribution is -0.120. The molecule has 6 nitrogen and oxygen atoms in total. The van der Waals surface area contributed by atoms with E-state index < -0.39 is 0 Å². The number of amides is 1. The monoisotopic (exact) mass is 322 g/mol. The highest BCUT2D eigenvalue weighted by atomic mass is 16.5. The third-order valence-corrected chi connectivity index (χ3v) is 3.93. The lowest BCUT2D eigenvalue weighted by Crippen LogP contribution is -2.35. The number of rotatable bonds is 10. The molecule has 0 unspecified atom stereocenters. The van der Waals surface area contributed by atoms with Crippen LogP contribution in [0.15, 0.2) is 12.1 Å². The van der Waals surface area contributed by atoms with E-state index in [-0.39, 0.29) is 5.91 Å². The molecule has 0 aliphatic heterocycles. The molecule has 1 aliphatic rings. The Hall–Kier alpha value is -1.95. The second-order valence-corrected chi connectivity index (χ2v) is 5.68. The van der Waals surface area contributed by atoms with E-state index in [1.807, 2.05) is 12.1 Å². The molecule has 0 radical (unpaired) electrons. The van der Waals surface area contributed by atoms with Crippen LogP contribution in [0.25, 0.3) is 0 Å². The normalized spacial score (nSPS) is 13.5. The molecule has 1 saturated carbocycles. The number of benzene rings is 1. The van der Waals surface area contributed by atoms with Gasteiger partial charge in [-0.2, -0.15) is 0 Å². The van der Waals surface area contributed by atoms with Gasteiger partial charge < -0.3 is 24.8 Å². The summed E-state index contributed by atoms with van der Waals surface area (Å²) in [7, 11) is 4.82. The number of ether oxygens (including phenoxy) is 3. The first kappa shape index (κ1) is 17.4. The second kappa shape index (κ2) is 8.62. The predicted octanol–water partition coefficient (Wildman–Crippen LogP) is 1.37. The fourth-order valence-electron chi connectivity index (χ4n) is 2.43. The summed E-state index contributed by atoms with van der Waals surface area (Å²) >= 11 is 0. The van der Waals surface area contributed by atoms with Crippen LogP contribution in [0.4, 0.5) is 0 Å². The molecule has 1 aromatic rings. The van der Waals surface area contributed by atoms with Crippen LogP contribution in [0, 0.1) is 5.92 Å². The SMILES string of the molecule is COc1cc(OC)c(CCNC(=O)CNCC2CC2)c(OC)c1. The highest BCUT2D eigenvalue weighted by molar-refractivity contribution is 5.78. The number of hydrogen-bond donors (Lipinski definition) is 2. The molecule has 1 amide bonds. The Morgan fingerprint density at radius 3 is 2.30 bits per heavy atom. The van der Waals surface area contributed by atoms with Crippen LogP contribution in [0.5, 0.6) is 17.2 Å². The van der Waals surface area contributed by atoms with Crippen LogP contribution in [-0.2, 0) is 11.2 Å². The van der Waals surface area contributed by atoms with E-state index in [2.05, 4.69) is 10.6 Å². The average Bonchev–Trinajstić information content (AvgIpc) is 3.38. The van der Waals surface area contributed by atoms with Gasteiger partial charge in [0, 0.05) is 24.2 Å². The van der Waals surface area contributed by atoms with Crippen molar-refractivity contribution in [2.45, 2.75) is 19.3 Å².